The van der Waals surface area contributed by atoms with E-state index in [2.05, 4.69) is 12.2 Å². The summed E-state index contributed by atoms with van der Waals surface area (Å²) in [6.45, 7) is 3.50. The normalized spacial score (nSPS) is 42.0. The van der Waals surface area contributed by atoms with Gasteiger partial charge in [-0.25, -0.2) is 0 Å². The van der Waals surface area contributed by atoms with Gasteiger partial charge in [0.2, 0.25) is 0 Å². The summed E-state index contributed by atoms with van der Waals surface area (Å²) in [6, 6.07) is 0.393. The summed E-state index contributed by atoms with van der Waals surface area (Å²) >= 11 is 0. The molecule has 0 radical (unpaired) electrons. The van der Waals surface area contributed by atoms with Crippen molar-refractivity contribution in [3.63, 3.8) is 0 Å². The Labute approximate surface area is 93.5 Å². The van der Waals surface area contributed by atoms with Gasteiger partial charge in [0.05, 0.1) is 6.10 Å². The van der Waals surface area contributed by atoms with Crippen molar-refractivity contribution in [3.8, 4) is 0 Å². The summed E-state index contributed by atoms with van der Waals surface area (Å²) in [5, 5.41) is 13.3. The summed E-state index contributed by atoms with van der Waals surface area (Å²) in [7, 11) is 0. The van der Waals surface area contributed by atoms with E-state index in [0.29, 0.717) is 6.04 Å². The second-order valence-corrected chi connectivity index (χ2v) is 5.64. The zero-order chi connectivity index (χ0) is 10.7. The molecule has 0 aromatic rings. The molecular weight excluding hydrogens is 186 g/mol. The minimum atomic E-state index is -0.0764. The first kappa shape index (κ1) is 11.4. The van der Waals surface area contributed by atoms with Crippen LogP contribution in [0.15, 0.2) is 0 Å². The topological polar surface area (TPSA) is 32.3 Å². The lowest BCUT2D eigenvalue weighted by molar-refractivity contribution is 0.143. The molecular formula is C13H25NO. The van der Waals surface area contributed by atoms with Crippen LogP contribution in [0, 0.1) is 11.8 Å². The third-order valence-electron chi connectivity index (χ3n) is 4.28. The molecule has 2 fully saturated rings. The zero-order valence-corrected chi connectivity index (χ0v) is 9.91. The second kappa shape index (κ2) is 5.31. The number of aliphatic hydroxyl groups excluding tert-OH is 1. The molecule has 2 saturated carbocycles. The molecule has 2 unspecified atom stereocenters. The van der Waals surface area contributed by atoms with Crippen molar-refractivity contribution in [2.45, 2.75) is 64.0 Å². The predicted molar refractivity (Wildman–Crippen MR) is 62.8 cm³/mol. The quantitative estimate of drug-likeness (QED) is 0.751. The summed E-state index contributed by atoms with van der Waals surface area (Å²) < 4.78 is 0. The van der Waals surface area contributed by atoms with Gasteiger partial charge < -0.3 is 10.4 Å². The third kappa shape index (κ3) is 3.18. The van der Waals surface area contributed by atoms with Crippen molar-refractivity contribution in [3.05, 3.63) is 0 Å². The van der Waals surface area contributed by atoms with Crippen LogP contribution in [-0.2, 0) is 0 Å². The Bertz CT molecular complexity index is 187. The average Bonchev–Trinajstić information content (AvgIpc) is 2.63. The first-order valence-electron chi connectivity index (χ1n) is 6.67. The van der Waals surface area contributed by atoms with E-state index in [0.717, 1.165) is 24.8 Å². The highest BCUT2D eigenvalue weighted by atomic mass is 16.3. The number of nitrogens with one attached hydrogen (secondary N) is 1. The highest BCUT2D eigenvalue weighted by Crippen LogP contribution is 2.28. The molecule has 0 heterocycles. The van der Waals surface area contributed by atoms with Crippen LogP contribution < -0.4 is 5.32 Å². The molecule has 0 aliphatic heterocycles. The molecule has 0 aromatic carbocycles. The largest absolute Gasteiger partial charge is 0.392 e. The van der Waals surface area contributed by atoms with Crippen molar-refractivity contribution in [1.82, 2.24) is 5.32 Å². The smallest absolute Gasteiger partial charge is 0.0693 e. The van der Waals surface area contributed by atoms with Crippen LogP contribution in [0.5, 0.6) is 0 Å². The first-order chi connectivity index (χ1) is 7.25. The van der Waals surface area contributed by atoms with Crippen molar-refractivity contribution in [2.75, 3.05) is 6.54 Å². The van der Waals surface area contributed by atoms with Gasteiger partial charge in [0.25, 0.3) is 0 Å². The highest BCUT2D eigenvalue weighted by molar-refractivity contribution is 4.84. The van der Waals surface area contributed by atoms with E-state index in [4.69, 9.17) is 0 Å². The summed E-state index contributed by atoms with van der Waals surface area (Å²) in [6.07, 6.45) is 8.87. The maximum absolute atomic E-state index is 9.70. The fourth-order valence-corrected chi connectivity index (χ4v) is 3.03. The molecule has 2 rings (SSSR count). The number of rotatable bonds is 3. The first-order valence-corrected chi connectivity index (χ1v) is 6.67. The Balaban J connectivity index is 1.65. The molecule has 0 amide bonds. The van der Waals surface area contributed by atoms with Gasteiger partial charge in [-0.2, -0.15) is 0 Å². The lowest BCUT2D eigenvalue weighted by Crippen LogP contribution is -2.39. The van der Waals surface area contributed by atoms with E-state index in [1.54, 1.807) is 0 Å². The molecule has 2 nitrogen and oxygen atoms in total. The molecule has 2 aliphatic carbocycles. The van der Waals surface area contributed by atoms with Gasteiger partial charge in [0, 0.05) is 6.04 Å². The van der Waals surface area contributed by atoms with Crippen molar-refractivity contribution in [1.29, 1.82) is 0 Å². The van der Waals surface area contributed by atoms with Gasteiger partial charge >= 0.3 is 0 Å². The zero-order valence-electron chi connectivity index (χ0n) is 9.91. The predicted octanol–water partition coefficient (Wildman–Crippen LogP) is 2.32. The van der Waals surface area contributed by atoms with Crippen molar-refractivity contribution < 1.29 is 5.11 Å². The Morgan fingerprint density at radius 2 is 1.80 bits per heavy atom. The molecule has 0 aromatic heterocycles. The Morgan fingerprint density at radius 1 is 1.07 bits per heavy atom. The molecule has 2 atom stereocenters. The van der Waals surface area contributed by atoms with Crippen LogP contribution in [0.25, 0.3) is 0 Å². The van der Waals surface area contributed by atoms with Gasteiger partial charge in [-0.3, -0.25) is 0 Å². The van der Waals surface area contributed by atoms with Crippen LogP contribution in [-0.4, -0.2) is 23.8 Å². The molecule has 0 spiro atoms. The van der Waals surface area contributed by atoms with E-state index in [-0.39, 0.29) is 6.10 Å². The molecule has 0 saturated heterocycles. The average molecular weight is 211 g/mol. The Morgan fingerprint density at radius 3 is 2.40 bits per heavy atom. The monoisotopic (exact) mass is 211 g/mol. The van der Waals surface area contributed by atoms with Gasteiger partial charge in [0.1, 0.15) is 0 Å². The maximum Gasteiger partial charge on any atom is 0.0693 e. The third-order valence-corrected chi connectivity index (χ3v) is 4.28. The minimum absolute atomic E-state index is 0.0764. The summed E-state index contributed by atoms with van der Waals surface area (Å²) in [4.78, 5) is 0. The Kier molecular flexibility index (Phi) is 4.04. The van der Waals surface area contributed by atoms with Crippen LogP contribution in [0.4, 0.5) is 0 Å². The van der Waals surface area contributed by atoms with E-state index in [1.807, 2.05) is 0 Å². The van der Waals surface area contributed by atoms with Crippen LogP contribution >= 0.6 is 0 Å². The van der Waals surface area contributed by atoms with Gasteiger partial charge in [0.15, 0.2) is 0 Å². The van der Waals surface area contributed by atoms with E-state index < -0.39 is 0 Å². The summed E-state index contributed by atoms with van der Waals surface area (Å²) in [5.74, 6) is 1.81. The molecule has 0 bridgehead atoms. The number of aliphatic hydroxyl groups is 1. The molecule has 2 aliphatic rings. The fraction of sp³-hybridized carbons (Fsp3) is 1.00. The number of hydrogen-bond donors (Lipinski definition) is 2. The number of hydrogen-bond acceptors (Lipinski definition) is 2. The lowest BCUT2D eigenvalue weighted by atomic mass is 9.83. The van der Waals surface area contributed by atoms with Crippen molar-refractivity contribution >= 4 is 0 Å². The van der Waals surface area contributed by atoms with Crippen molar-refractivity contribution in [2.24, 2.45) is 11.8 Å². The minimum Gasteiger partial charge on any atom is -0.392 e. The van der Waals surface area contributed by atoms with Crippen LogP contribution in [0.2, 0.25) is 0 Å². The fourth-order valence-electron chi connectivity index (χ4n) is 3.03. The standard InChI is InChI=1S/C13H25NO/c1-10-5-7-11(8-6-10)9-14-12-3-2-4-13(12)15/h10-15H,2-9H2,1H3. The van der Waals surface area contributed by atoms with Gasteiger partial charge in [-0.1, -0.05) is 19.8 Å². The van der Waals surface area contributed by atoms with Gasteiger partial charge in [-0.15, -0.1) is 0 Å². The van der Waals surface area contributed by atoms with Crippen LogP contribution in [0.3, 0.4) is 0 Å². The molecule has 2 N–H and O–H groups in total. The Hall–Kier alpha value is -0.0800. The second-order valence-electron chi connectivity index (χ2n) is 5.64. The van der Waals surface area contributed by atoms with Crippen LogP contribution in [0.1, 0.15) is 51.9 Å². The van der Waals surface area contributed by atoms with E-state index in [1.165, 1.54) is 38.5 Å². The molecule has 2 heteroatoms. The SMILES string of the molecule is CC1CCC(CNC2CCCC2O)CC1. The lowest BCUT2D eigenvalue weighted by Gasteiger charge is -2.28. The van der Waals surface area contributed by atoms with Gasteiger partial charge in [-0.05, 0) is 50.5 Å². The molecule has 15 heavy (non-hydrogen) atoms. The highest BCUT2D eigenvalue weighted by Gasteiger charge is 2.26. The molecule has 88 valence electrons. The summed E-state index contributed by atoms with van der Waals surface area (Å²) in [5.41, 5.74) is 0. The maximum atomic E-state index is 9.70. The van der Waals surface area contributed by atoms with E-state index >= 15 is 0 Å². The van der Waals surface area contributed by atoms with E-state index in [9.17, 15) is 5.11 Å².